The molecule has 1 aromatic rings. The Balaban J connectivity index is 2.23. The molecule has 2 rings (SSSR count). The van der Waals surface area contributed by atoms with Crippen molar-refractivity contribution >= 4 is 11.6 Å². The lowest BCUT2D eigenvalue weighted by Crippen LogP contribution is -2.30. The van der Waals surface area contributed by atoms with Gasteiger partial charge in [-0.15, -0.1) is 0 Å². The molecule has 5 heteroatoms. The Labute approximate surface area is 107 Å². The van der Waals surface area contributed by atoms with Crippen LogP contribution in [0.3, 0.4) is 0 Å². The molecule has 1 saturated heterocycles. The van der Waals surface area contributed by atoms with Crippen molar-refractivity contribution in [1.29, 1.82) is 0 Å². The number of rotatable bonds is 4. The Kier molecular flexibility index (Phi) is 4.07. The van der Waals surface area contributed by atoms with E-state index in [1.165, 1.54) is 0 Å². The summed E-state index contributed by atoms with van der Waals surface area (Å²) in [4.78, 5) is 0. The lowest BCUT2D eigenvalue weighted by Gasteiger charge is -2.24. The van der Waals surface area contributed by atoms with E-state index in [-0.39, 0.29) is 6.04 Å². The summed E-state index contributed by atoms with van der Waals surface area (Å²) in [6.07, 6.45) is 3.12. The SMILES string of the molecule is CCNC(c1c(Cl)cnn1C)C1COC(C)C1. The van der Waals surface area contributed by atoms with E-state index >= 15 is 0 Å². The predicted molar refractivity (Wildman–Crippen MR) is 68.2 cm³/mol. The summed E-state index contributed by atoms with van der Waals surface area (Å²) in [5, 5.41) is 8.45. The highest BCUT2D eigenvalue weighted by Crippen LogP contribution is 2.34. The first-order valence-corrected chi connectivity index (χ1v) is 6.53. The van der Waals surface area contributed by atoms with Gasteiger partial charge in [-0.3, -0.25) is 4.68 Å². The first kappa shape index (κ1) is 12.9. The van der Waals surface area contributed by atoms with E-state index in [1.807, 2.05) is 11.7 Å². The zero-order valence-corrected chi connectivity index (χ0v) is 11.4. The fraction of sp³-hybridized carbons (Fsp3) is 0.750. The van der Waals surface area contributed by atoms with Gasteiger partial charge < -0.3 is 10.1 Å². The van der Waals surface area contributed by atoms with Crippen LogP contribution >= 0.6 is 11.6 Å². The van der Waals surface area contributed by atoms with E-state index in [0.29, 0.717) is 12.0 Å². The molecule has 0 aromatic carbocycles. The molecule has 0 aliphatic carbocycles. The van der Waals surface area contributed by atoms with Crippen LogP contribution in [-0.2, 0) is 11.8 Å². The second kappa shape index (κ2) is 5.38. The van der Waals surface area contributed by atoms with Crippen molar-refractivity contribution in [2.24, 2.45) is 13.0 Å². The second-order valence-corrected chi connectivity index (χ2v) is 5.08. The van der Waals surface area contributed by atoms with Gasteiger partial charge in [0.05, 0.1) is 35.7 Å². The molecule has 1 aromatic heterocycles. The highest BCUT2D eigenvalue weighted by molar-refractivity contribution is 6.31. The topological polar surface area (TPSA) is 39.1 Å². The number of ether oxygens (including phenoxy) is 1. The monoisotopic (exact) mass is 257 g/mol. The molecule has 3 unspecified atom stereocenters. The third-order valence-corrected chi connectivity index (χ3v) is 3.65. The summed E-state index contributed by atoms with van der Waals surface area (Å²) in [6, 6.07) is 0.227. The van der Waals surface area contributed by atoms with Crippen LogP contribution in [0.15, 0.2) is 6.20 Å². The van der Waals surface area contributed by atoms with Crippen LogP contribution in [0.5, 0.6) is 0 Å². The van der Waals surface area contributed by atoms with Gasteiger partial charge in [0.1, 0.15) is 0 Å². The minimum Gasteiger partial charge on any atom is -0.378 e. The van der Waals surface area contributed by atoms with Gasteiger partial charge in [0.2, 0.25) is 0 Å². The molecule has 1 N–H and O–H groups in total. The summed E-state index contributed by atoms with van der Waals surface area (Å²) in [5.41, 5.74) is 1.07. The summed E-state index contributed by atoms with van der Waals surface area (Å²) < 4.78 is 7.52. The Morgan fingerprint density at radius 1 is 1.71 bits per heavy atom. The van der Waals surface area contributed by atoms with Gasteiger partial charge in [-0.2, -0.15) is 5.10 Å². The maximum Gasteiger partial charge on any atom is 0.0834 e. The molecule has 2 heterocycles. The molecular weight excluding hydrogens is 238 g/mol. The van der Waals surface area contributed by atoms with Gasteiger partial charge in [0.25, 0.3) is 0 Å². The summed E-state index contributed by atoms with van der Waals surface area (Å²) in [5.74, 6) is 0.470. The number of hydrogen-bond donors (Lipinski definition) is 1. The van der Waals surface area contributed by atoms with Crippen molar-refractivity contribution in [3.63, 3.8) is 0 Å². The number of aryl methyl sites for hydroxylation is 1. The Morgan fingerprint density at radius 3 is 2.94 bits per heavy atom. The Bertz CT molecular complexity index is 360. The fourth-order valence-corrected chi connectivity index (χ4v) is 2.84. The molecule has 0 bridgehead atoms. The first-order chi connectivity index (χ1) is 8.13. The lowest BCUT2D eigenvalue weighted by atomic mass is 9.94. The van der Waals surface area contributed by atoms with Gasteiger partial charge in [0, 0.05) is 13.0 Å². The molecule has 0 spiro atoms. The Morgan fingerprint density at radius 2 is 2.47 bits per heavy atom. The number of nitrogens with zero attached hydrogens (tertiary/aromatic N) is 2. The third-order valence-electron chi connectivity index (χ3n) is 3.36. The number of halogens is 1. The average Bonchev–Trinajstić information content (AvgIpc) is 2.84. The van der Waals surface area contributed by atoms with Gasteiger partial charge in [-0.1, -0.05) is 18.5 Å². The highest BCUT2D eigenvalue weighted by Gasteiger charge is 2.32. The molecule has 1 fully saturated rings. The highest BCUT2D eigenvalue weighted by atomic mass is 35.5. The summed E-state index contributed by atoms with van der Waals surface area (Å²) in [7, 11) is 1.94. The minimum absolute atomic E-state index is 0.227. The Hall–Kier alpha value is -0.580. The zero-order valence-electron chi connectivity index (χ0n) is 10.6. The molecule has 0 saturated carbocycles. The van der Waals surface area contributed by atoms with Crippen LogP contribution in [0.4, 0.5) is 0 Å². The van der Waals surface area contributed by atoms with Crippen LogP contribution < -0.4 is 5.32 Å². The van der Waals surface area contributed by atoms with Crippen molar-refractivity contribution in [3.8, 4) is 0 Å². The van der Waals surface area contributed by atoms with Crippen molar-refractivity contribution in [2.45, 2.75) is 32.4 Å². The van der Waals surface area contributed by atoms with E-state index in [9.17, 15) is 0 Å². The van der Waals surface area contributed by atoms with Crippen LogP contribution in [0.2, 0.25) is 5.02 Å². The minimum atomic E-state index is 0.227. The molecular formula is C12H20ClN3O. The van der Waals surface area contributed by atoms with Gasteiger partial charge in [-0.25, -0.2) is 0 Å². The maximum absolute atomic E-state index is 6.23. The van der Waals surface area contributed by atoms with Crippen LogP contribution in [-0.4, -0.2) is 29.0 Å². The molecule has 0 radical (unpaired) electrons. The smallest absolute Gasteiger partial charge is 0.0834 e. The lowest BCUT2D eigenvalue weighted by molar-refractivity contribution is 0.116. The predicted octanol–water partition coefficient (Wildman–Crippen LogP) is 2.15. The average molecular weight is 258 g/mol. The van der Waals surface area contributed by atoms with Crippen molar-refractivity contribution in [2.75, 3.05) is 13.2 Å². The van der Waals surface area contributed by atoms with Crippen molar-refractivity contribution in [1.82, 2.24) is 15.1 Å². The molecule has 1 aliphatic rings. The van der Waals surface area contributed by atoms with Crippen molar-refractivity contribution < 1.29 is 4.74 Å². The maximum atomic E-state index is 6.23. The first-order valence-electron chi connectivity index (χ1n) is 6.15. The van der Waals surface area contributed by atoms with E-state index in [4.69, 9.17) is 16.3 Å². The van der Waals surface area contributed by atoms with Gasteiger partial charge >= 0.3 is 0 Å². The van der Waals surface area contributed by atoms with Crippen LogP contribution in [0.1, 0.15) is 32.0 Å². The van der Waals surface area contributed by atoms with Crippen LogP contribution in [0.25, 0.3) is 0 Å². The molecule has 1 aliphatic heterocycles. The summed E-state index contributed by atoms with van der Waals surface area (Å²) in [6.45, 7) is 5.93. The van der Waals surface area contributed by atoms with Crippen molar-refractivity contribution in [3.05, 3.63) is 16.9 Å². The van der Waals surface area contributed by atoms with E-state index in [0.717, 1.165) is 30.3 Å². The van der Waals surface area contributed by atoms with Gasteiger partial charge in [-0.05, 0) is 19.9 Å². The second-order valence-electron chi connectivity index (χ2n) is 4.68. The third kappa shape index (κ3) is 2.64. The van der Waals surface area contributed by atoms with E-state index in [2.05, 4.69) is 24.3 Å². The number of nitrogens with one attached hydrogen (secondary N) is 1. The molecule has 3 atom stereocenters. The van der Waals surface area contributed by atoms with E-state index in [1.54, 1.807) is 6.20 Å². The standard InChI is InChI=1S/C12H20ClN3O/c1-4-14-11(9-5-8(2)17-7-9)12-10(13)6-15-16(12)3/h6,8-9,11,14H,4-5,7H2,1-3H3. The van der Waals surface area contributed by atoms with E-state index < -0.39 is 0 Å². The number of aromatic nitrogens is 2. The van der Waals surface area contributed by atoms with Gasteiger partial charge in [0.15, 0.2) is 0 Å². The molecule has 4 nitrogen and oxygen atoms in total. The zero-order chi connectivity index (χ0) is 12.4. The molecule has 17 heavy (non-hydrogen) atoms. The number of hydrogen-bond acceptors (Lipinski definition) is 3. The largest absolute Gasteiger partial charge is 0.378 e. The quantitative estimate of drug-likeness (QED) is 0.898. The molecule has 0 amide bonds. The van der Waals surface area contributed by atoms with Crippen LogP contribution in [0, 0.1) is 5.92 Å². The normalized spacial score (nSPS) is 26.4. The molecule has 96 valence electrons. The fourth-order valence-electron chi connectivity index (χ4n) is 2.56. The summed E-state index contributed by atoms with van der Waals surface area (Å²) >= 11 is 6.23.